The van der Waals surface area contributed by atoms with E-state index in [1.165, 1.54) is 5.69 Å². The van der Waals surface area contributed by atoms with Gasteiger partial charge in [0.05, 0.1) is 19.6 Å². The van der Waals surface area contributed by atoms with Gasteiger partial charge in [0.15, 0.2) is 0 Å². The lowest BCUT2D eigenvalue weighted by Gasteiger charge is -2.48. The van der Waals surface area contributed by atoms with Crippen molar-refractivity contribution in [3.8, 4) is 16.9 Å². The first kappa shape index (κ1) is 23.4. The van der Waals surface area contributed by atoms with Crippen LogP contribution < -0.4 is 15.4 Å². The molecule has 3 N–H and O–H groups in total. The summed E-state index contributed by atoms with van der Waals surface area (Å²) in [5.74, 6) is -0.262. The van der Waals surface area contributed by atoms with Gasteiger partial charge in [-0.05, 0) is 65.4 Å². The van der Waals surface area contributed by atoms with E-state index in [4.69, 9.17) is 15.2 Å². The van der Waals surface area contributed by atoms with Gasteiger partial charge in [0, 0.05) is 36.3 Å². The summed E-state index contributed by atoms with van der Waals surface area (Å²) >= 11 is 0. The minimum Gasteiger partial charge on any atom is -0.489 e. The number of carboxylic acid groups (broad SMARTS) is 1. The van der Waals surface area contributed by atoms with Crippen LogP contribution >= 0.6 is 0 Å². The van der Waals surface area contributed by atoms with E-state index in [0.717, 1.165) is 61.4 Å². The van der Waals surface area contributed by atoms with Gasteiger partial charge in [-0.1, -0.05) is 36.4 Å². The standard InChI is InChI=1S/C29H32N2O4/c30-17-21-4-3-6-23(12-21)25-13-22(18-35-27-7-2-1-5-24(27)16-28(32)33)14-26(15-25)31-10-8-29(9-11-31)19-34-20-29/h1-7,12-15H,8-11,16-20,30H2,(H,32,33). The van der Waals surface area contributed by atoms with Crippen molar-refractivity contribution in [2.24, 2.45) is 11.1 Å². The molecule has 35 heavy (non-hydrogen) atoms. The minimum atomic E-state index is -0.871. The highest BCUT2D eigenvalue weighted by Crippen LogP contribution is 2.40. The van der Waals surface area contributed by atoms with E-state index in [2.05, 4.69) is 35.2 Å². The number of nitrogens with zero attached hydrogens (tertiary/aromatic N) is 1. The van der Waals surface area contributed by atoms with Crippen LogP contribution in [0.25, 0.3) is 11.1 Å². The fraction of sp³-hybridized carbons (Fsp3) is 0.345. The fourth-order valence-corrected chi connectivity index (χ4v) is 5.02. The molecule has 2 saturated heterocycles. The third-order valence-electron chi connectivity index (χ3n) is 7.19. The predicted octanol–water partition coefficient (Wildman–Crippen LogP) is 4.64. The van der Waals surface area contributed by atoms with E-state index in [1.807, 2.05) is 30.3 Å². The van der Waals surface area contributed by atoms with Crippen molar-refractivity contribution < 1.29 is 19.4 Å². The van der Waals surface area contributed by atoms with Crippen molar-refractivity contribution >= 4 is 11.7 Å². The Balaban J connectivity index is 1.42. The molecule has 0 aliphatic carbocycles. The summed E-state index contributed by atoms with van der Waals surface area (Å²) in [6, 6.07) is 22.3. The van der Waals surface area contributed by atoms with Crippen LogP contribution in [0, 0.1) is 5.41 Å². The molecular formula is C29H32N2O4. The lowest BCUT2D eigenvalue weighted by molar-refractivity contribution is -0.136. The highest BCUT2D eigenvalue weighted by atomic mass is 16.5. The van der Waals surface area contributed by atoms with Gasteiger partial charge in [-0.25, -0.2) is 0 Å². The molecule has 0 unspecified atom stereocenters. The number of para-hydroxylation sites is 1. The predicted molar refractivity (Wildman–Crippen MR) is 137 cm³/mol. The molecule has 182 valence electrons. The average Bonchev–Trinajstić information content (AvgIpc) is 2.87. The number of nitrogens with two attached hydrogens (primary N) is 1. The van der Waals surface area contributed by atoms with Gasteiger partial charge in [-0.3, -0.25) is 4.79 Å². The van der Waals surface area contributed by atoms with Crippen molar-refractivity contribution in [3.63, 3.8) is 0 Å². The van der Waals surface area contributed by atoms with Gasteiger partial charge in [-0.15, -0.1) is 0 Å². The Morgan fingerprint density at radius 1 is 0.971 bits per heavy atom. The summed E-state index contributed by atoms with van der Waals surface area (Å²) in [6.07, 6.45) is 2.23. The third-order valence-corrected chi connectivity index (χ3v) is 7.19. The molecule has 2 aliphatic heterocycles. The zero-order valence-electron chi connectivity index (χ0n) is 19.9. The molecule has 0 amide bonds. The second kappa shape index (κ2) is 10.1. The zero-order valence-corrected chi connectivity index (χ0v) is 19.9. The Hall–Kier alpha value is -3.35. The lowest BCUT2D eigenvalue weighted by atomic mass is 9.76. The molecule has 0 aromatic heterocycles. The Bertz CT molecular complexity index is 1190. The van der Waals surface area contributed by atoms with Gasteiger partial charge in [-0.2, -0.15) is 0 Å². The van der Waals surface area contributed by atoms with Crippen LogP contribution in [-0.4, -0.2) is 37.4 Å². The van der Waals surface area contributed by atoms with Crippen molar-refractivity contribution in [2.75, 3.05) is 31.2 Å². The number of hydrogen-bond donors (Lipinski definition) is 2. The van der Waals surface area contributed by atoms with Gasteiger partial charge < -0.3 is 25.2 Å². The number of hydrogen-bond acceptors (Lipinski definition) is 5. The molecule has 2 heterocycles. The van der Waals surface area contributed by atoms with E-state index in [0.29, 0.717) is 29.9 Å². The van der Waals surface area contributed by atoms with Crippen LogP contribution in [0.4, 0.5) is 5.69 Å². The number of aliphatic carboxylic acids is 1. The smallest absolute Gasteiger partial charge is 0.307 e. The Morgan fingerprint density at radius 3 is 2.46 bits per heavy atom. The molecule has 2 fully saturated rings. The first-order valence-corrected chi connectivity index (χ1v) is 12.2. The maximum absolute atomic E-state index is 11.3. The van der Waals surface area contributed by atoms with Gasteiger partial charge in [0.25, 0.3) is 0 Å². The summed E-state index contributed by atoms with van der Waals surface area (Å²) in [5, 5.41) is 9.24. The van der Waals surface area contributed by atoms with Crippen molar-refractivity contribution in [1.29, 1.82) is 0 Å². The summed E-state index contributed by atoms with van der Waals surface area (Å²) < 4.78 is 11.6. The van der Waals surface area contributed by atoms with E-state index in [1.54, 1.807) is 6.07 Å². The fourth-order valence-electron chi connectivity index (χ4n) is 5.02. The Kier molecular flexibility index (Phi) is 6.75. The maximum Gasteiger partial charge on any atom is 0.307 e. The zero-order chi connectivity index (χ0) is 24.3. The van der Waals surface area contributed by atoms with E-state index in [-0.39, 0.29) is 6.42 Å². The van der Waals surface area contributed by atoms with Gasteiger partial charge >= 0.3 is 5.97 Å². The lowest BCUT2D eigenvalue weighted by Crippen LogP contribution is -2.50. The van der Waals surface area contributed by atoms with E-state index >= 15 is 0 Å². The van der Waals surface area contributed by atoms with Crippen LogP contribution in [0.3, 0.4) is 0 Å². The van der Waals surface area contributed by atoms with Gasteiger partial charge in [0.1, 0.15) is 12.4 Å². The molecule has 5 rings (SSSR count). The third kappa shape index (κ3) is 5.34. The molecular weight excluding hydrogens is 440 g/mol. The van der Waals surface area contributed by atoms with E-state index < -0.39 is 5.97 Å². The van der Waals surface area contributed by atoms with Crippen molar-refractivity contribution in [1.82, 2.24) is 0 Å². The maximum atomic E-state index is 11.3. The topological polar surface area (TPSA) is 85.0 Å². The molecule has 2 aliphatic rings. The first-order valence-electron chi connectivity index (χ1n) is 12.2. The SMILES string of the molecule is NCc1cccc(-c2cc(COc3ccccc3CC(=O)O)cc(N3CCC4(CC3)COC4)c2)c1. The number of piperidine rings is 1. The Morgan fingerprint density at radius 2 is 1.74 bits per heavy atom. The number of carboxylic acids is 1. The molecule has 0 saturated carbocycles. The van der Waals surface area contributed by atoms with Crippen molar-refractivity contribution in [3.05, 3.63) is 83.4 Å². The van der Waals surface area contributed by atoms with Crippen LogP contribution in [0.15, 0.2) is 66.7 Å². The molecule has 6 nitrogen and oxygen atoms in total. The molecule has 3 aromatic rings. The second-order valence-corrected chi connectivity index (χ2v) is 9.74. The van der Waals surface area contributed by atoms with Crippen LogP contribution in [0.1, 0.15) is 29.5 Å². The molecule has 0 radical (unpaired) electrons. The summed E-state index contributed by atoms with van der Waals surface area (Å²) in [5.41, 5.74) is 12.5. The summed E-state index contributed by atoms with van der Waals surface area (Å²) in [4.78, 5) is 13.7. The number of rotatable bonds is 8. The molecule has 3 aromatic carbocycles. The highest BCUT2D eigenvalue weighted by molar-refractivity contribution is 5.72. The normalized spacial score (nSPS) is 16.7. The van der Waals surface area contributed by atoms with Crippen LogP contribution in [0.2, 0.25) is 0 Å². The van der Waals surface area contributed by atoms with Crippen LogP contribution in [-0.2, 0) is 29.1 Å². The number of benzene rings is 3. The van der Waals surface area contributed by atoms with Crippen molar-refractivity contribution in [2.45, 2.75) is 32.4 Å². The number of carbonyl (C=O) groups is 1. The summed E-state index contributed by atoms with van der Waals surface area (Å²) in [7, 11) is 0. The van der Waals surface area contributed by atoms with Gasteiger partial charge in [0.2, 0.25) is 0 Å². The monoisotopic (exact) mass is 472 g/mol. The number of ether oxygens (including phenoxy) is 2. The summed E-state index contributed by atoms with van der Waals surface area (Å²) in [6.45, 7) is 4.66. The quantitative estimate of drug-likeness (QED) is 0.497. The average molecular weight is 473 g/mol. The first-order chi connectivity index (χ1) is 17.0. The molecule has 1 spiro atoms. The van der Waals surface area contributed by atoms with E-state index in [9.17, 15) is 9.90 Å². The molecule has 0 atom stereocenters. The Labute approximate surface area is 206 Å². The van der Waals surface area contributed by atoms with Crippen LogP contribution in [0.5, 0.6) is 5.75 Å². The highest BCUT2D eigenvalue weighted by Gasteiger charge is 2.41. The largest absolute Gasteiger partial charge is 0.489 e. The second-order valence-electron chi connectivity index (χ2n) is 9.74. The minimum absolute atomic E-state index is 0.0629. The number of anilines is 1. The molecule has 0 bridgehead atoms. The molecule has 6 heteroatoms.